The van der Waals surface area contributed by atoms with E-state index in [1.807, 2.05) is 42.5 Å². The van der Waals surface area contributed by atoms with Crippen molar-refractivity contribution in [2.24, 2.45) is 0 Å². The topological polar surface area (TPSA) is 52.6 Å². The van der Waals surface area contributed by atoms with E-state index >= 15 is 0 Å². The van der Waals surface area contributed by atoms with Gasteiger partial charge in [-0.25, -0.2) is 8.37 Å². The van der Waals surface area contributed by atoms with Gasteiger partial charge in [-0.15, -0.1) is 0 Å². The molecule has 1 aliphatic heterocycles. The first-order chi connectivity index (χ1) is 8.60. The minimum Gasteiger partial charge on any atom is -0.203 e. The van der Waals surface area contributed by atoms with Crippen molar-refractivity contribution in [3.8, 4) is 0 Å². The smallest absolute Gasteiger partial charge is 0.203 e. The van der Waals surface area contributed by atoms with Crippen molar-refractivity contribution in [3.63, 3.8) is 0 Å². The van der Waals surface area contributed by atoms with E-state index in [0.717, 1.165) is 21.9 Å². The maximum Gasteiger partial charge on any atom is 0.406 e. The molecule has 2 aromatic rings. The minimum absolute atomic E-state index is 0.730. The Bertz CT molecular complexity index is 788. The molecule has 0 saturated carbocycles. The molecular formula is C13H8O4S. The average Bonchev–Trinajstić information content (AvgIpc) is 2.32. The van der Waals surface area contributed by atoms with Crippen molar-refractivity contribution in [3.05, 3.63) is 53.6 Å². The number of benzene rings is 2. The normalized spacial score (nSPS) is 22.0. The van der Waals surface area contributed by atoms with Crippen LogP contribution in [-0.2, 0) is 24.6 Å². The van der Waals surface area contributed by atoms with Gasteiger partial charge in [-0.05, 0) is 22.4 Å². The second-order valence-electron chi connectivity index (χ2n) is 4.33. The Morgan fingerprint density at radius 2 is 1.72 bits per heavy atom. The summed E-state index contributed by atoms with van der Waals surface area (Å²) in [5.74, 6) is -1.27. The maximum atomic E-state index is 11.1. The largest absolute Gasteiger partial charge is 0.406 e. The fourth-order valence-corrected chi connectivity index (χ4v) is 3.45. The lowest BCUT2D eigenvalue weighted by Crippen LogP contribution is -2.46. The van der Waals surface area contributed by atoms with Crippen molar-refractivity contribution < 1.29 is 16.8 Å². The SMILES string of the molecule is O=S1(=O)OC2(C=Cc3cccc4cccc2c34)O1. The predicted molar refractivity (Wildman–Crippen MR) is 65.7 cm³/mol. The number of rotatable bonds is 0. The van der Waals surface area contributed by atoms with Gasteiger partial charge in [0.1, 0.15) is 0 Å². The van der Waals surface area contributed by atoms with Crippen LogP contribution in [0.4, 0.5) is 0 Å². The molecule has 0 amide bonds. The summed E-state index contributed by atoms with van der Waals surface area (Å²) in [4.78, 5) is 0. The highest BCUT2D eigenvalue weighted by Gasteiger charge is 2.53. The van der Waals surface area contributed by atoms with Gasteiger partial charge in [0.25, 0.3) is 5.79 Å². The quantitative estimate of drug-likeness (QED) is 0.729. The van der Waals surface area contributed by atoms with Gasteiger partial charge in [0.2, 0.25) is 0 Å². The summed E-state index contributed by atoms with van der Waals surface area (Å²) in [5.41, 5.74) is 1.76. The highest BCUT2D eigenvalue weighted by molar-refractivity contribution is 7.82. The van der Waals surface area contributed by atoms with Crippen molar-refractivity contribution in [1.29, 1.82) is 0 Å². The van der Waals surface area contributed by atoms with Crippen molar-refractivity contribution in [2.45, 2.75) is 5.79 Å². The summed E-state index contributed by atoms with van der Waals surface area (Å²) < 4.78 is 32.2. The first kappa shape index (κ1) is 10.3. The molecule has 4 nitrogen and oxygen atoms in total. The van der Waals surface area contributed by atoms with Crippen molar-refractivity contribution in [2.75, 3.05) is 0 Å². The predicted octanol–water partition coefficient (Wildman–Crippen LogP) is 2.31. The van der Waals surface area contributed by atoms with Gasteiger partial charge < -0.3 is 0 Å². The standard InChI is InChI=1S/C13H8O4S/c14-18(15)16-13(17-18)8-7-10-4-1-3-9-5-2-6-11(13)12(9)10/h1-8H. The second-order valence-corrected chi connectivity index (χ2v) is 5.48. The lowest BCUT2D eigenvalue weighted by molar-refractivity contribution is -0.155. The molecule has 0 unspecified atom stereocenters. The third-order valence-corrected chi connectivity index (χ3v) is 4.15. The third-order valence-electron chi connectivity index (χ3n) is 3.25. The molecule has 5 heteroatoms. The van der Waals surface area contributed by atoms with Crippen LogP contribution in [0.3, 0.4) is 0 Å². The van der Waals surface area contributed by atoms with Crippen LogP contribution < -0.4 is 0 Å². The Morgan fingerprint density at radius 3 is 2.44 bits per heavy atom. The molecule has 0 bridgehead atoms. The van der Waals surface area contributed by atoms with Gasteiger partial charge in [-0.1, -0.05) is 42.5 Å². The molecule has 18 heavy (non-hydrogen) atoms. The molecule has 1 aliphatic carbocycles. The van der Waals surface area contributed by atoms with E-state index in [-0.39, 0.29) is 0 Å². The molecule has 4 rings (SSSR count). The zero-order chi connectivity index (χ0) is 12.4. The first-order valence-corrected chi connectivity index (χ1v) is 6.81. The monoisotopic (exact) mass is 260 g/mol. The van der Waals surface area contributed by atoms with E-state index in [4.69, 9.17) is 8.37 Å². The Balaban J connectivity index is 2.06. The Kier molecular flexibility index (Phi) is 1.71. The van der Waals surface area contributed by atoms with Crippen LogP contribution in [0.5, 0.6) is 0 Å². The lowest BCUT2D eigenvalue weighted by Gasteiger charge is -2.39. The van der Waals surface area contributed by atoms with E-state index in [0.29, 0.717) is 0 Å². The Labute approximate surface area is 104 Å². The van der Waals surface area contributed by atoms with E-state index in [1.54, 1.807) is 6.08 Å². The average molecular weight is 260 g/mol. The molecule has 2 aliphatic rings. The zero-order valence-corrected chi connectivity index (χ0v) is 9.98. The summed E-state index contributed by atoms with van der Waals surface area (Å²) in [6.07, 6.45) is 3.45. The number of hydrogen-bond donors (Lipinski definition) is 0. The number of fused-ring (bicyclic) bond motifs is 1. The van der Waals surface area contributed by atoms with Crippen LogP contribution in [0, 0.1) is 0 Å². The molecule has 0 radical (unpaired) electrons. The van der Waals surface area contributed by atoms with Crippen LogP contribution in [0.25, 0.3) is 16.8 Å². The Hall–Kier alpha value is -1.69. The fraction of sp³-hybridized carbons (Fsp3) is 0.0769. The van der Waals surface area contributed by atoms with Crippen LogP contribution in [0.15, 0.2) is 42.5 Å². The van der Waals surface area contributed by atoms with Crippen LogP contribution in [0.2, 0.25) is 0 Å². The second kappa shape index (κ2) is 3.00. The van der Waals surface area contributed by atoms with Gasteiger partial charge in [-0.3, -0.25) is 0 Å². The molecule has 0 atom stereocenters. The van der Waals surface area contributed by atoms with E-state index in [9.17, 15) is 8.42 Å². The molecule has 0 N–H and O–H groups in total. The molecule has 1 saturated heterocycles. The van der Waals surface area contributed by atoms with E-state index in [2.05, 4.69) is 0 Å². The summed E-state index contributed by atoms with van der Waals surface area (Å²) >= 11 is 0. The van der Waals surface area contributed by atoms with Gasteiger partial charge in [0, 0.05) is 5.56 Å². The fourth-order valence-electron chi connectivity index (χ4n) is 2.54. The summed E-state index contributed by atoms with van der Waals surface area (Å²) in [7, 11) is -3.84. The first-order valence-electron chi connectivity index (χ1n) is 5.47. The molecule has 1 fully saturated rings. The van der Waals surface area contributed by atoms with Gasteiger partial charge in [0.05, 0.1) is 0 Å². The highest BCUT2D eigenvalue weighted by atomic mass is 32.3. The van der Waals surface area contributed by atoms with Crippen molar-refractivity contribution >= 4 is 27.2 Å². The molecule has 1 heterocycles. The van der Waals surface area contributed by atoms with Crippen LogP contribution >= 0.6 is 0 Å². The molecule has 1 spiro atoms. The van der Waals surface area contributed by atoms with E-state index in [1.165, 1.54) is 0 Å². The van der Waals surface area contributed by atoms with Crippen LogP contribution in [0.1, 0.15) is 11.1 Å². The molecule has 90 valence electrons. The van der Waals surface area contributed by atoms with E-state index < -0.39 is 16.2 Å². The summed E-state index contributed by atoms with van der Waals surface area (Å²) in [5, 5.41) is 2.00. The van der Waals surface area contributed by atoms with Gasteiger partial charge in [-0.2, -0.15) is 8.42 Å². The Morgan fingerprint density at radius 1 is 1.00 bits per heavy atom. The lowest BCUT2D eigenvalue weighted by atomic mass is 9.89. The summed E-state index contributed by atoms with van der Waals surface area (Å²) in [6.45, 7) is 0. The molecule has 2 aromatic carbocycles. The van der Waals surface area contributed by atoms with Gasteiger partial charge in [0.15, 0.2) is 0 Å². The third kappa shape index (κ3) is 1.18. The molecular weight excluding hydrogens is 252 g/mol. The zero-order valence-electron chi connectivity index (χ0n) is 9.16. The minimum atomic E-state index is -3.84. The highest BCUT2D eigenvalue weighted by Crippen LogP contribution is 2.47. The van der Waals surface area contributed by atoms with Crippen molar-refractivity contribution in [1.82, 2.24) is 0 Å². The molecule has 0 aromatic heterocycles. The van der Waals surface area contributed by atoms with Gasteiger partial charge >= 0.3 is 10.4 Å². The number of hydrogen-bond acceptors (Lipinski definition) is 4. The maximum absolute atomic E-state index is 11.1. The van der Waals surface area contributed by atoms with Crippen LogP contribution in [-0.4, -0.2) is 8.42 Å². The summed E-state index contributed by atoms with van der Waals surface area (Å²) in [6, 6.07) is 11.6.